The van der Waals surface area contributed by atoms with E-state index in [2.05, 4.69) is 10.2 Å². The van der Waals surface area contributed by atoms with E-state index in [1.165, 1.54) is 0 Å². The largest absolute Gasteiger partial charge is 0.337 e. The highest BCUT2D eigenvalue weighted by atomic mass is 16.2. The summed E-state index contributed by atoms with van der Waals surface area (Å²) in [4.78, 5) is 28.2. The van der Waals surface area contributed by atoms with Gasteiger partial charge < -0.3 is 10.2 Å². The van der Waals surface area contributed by atoms with Gasteiger partial charge in [0, 0.05) is 37.9 Å². The van der Waals surface area contributed by atoms with Crippen molar-refractivity contribution in [3.63, 3.8) is 0 Å². The number of benzene rings is 1. The van der Waals surface area contributed by atoms with Crippen LogP contribution in [0.25, 0.3) is 0 Å². The molecule has 24 heavy (non-hydrogen) atoms. The summed E-state index contributed by atoms with van der Waals surface area (Å²) in [5, 5.41) is 3.02. The van der Waals surface area contributed by atoms with E-state index in [1.54, 1.807) is 6.08 Å². The molecular formula is C19H27N3O2. The fourth-order valence-corrected chi connectivity index (χ4v) is 2.86. The SMILES string of the molecule is CC(C)=CC(=O)N1CCN(CC(=O)Nc2c(C)cccc2C)CC1. The number of para-hydroxylation sites is 1. The fraction of sp³-hybridized carbons (Fsp3) is 0.474. The van der Waals surface area contributed by atoms with Crippen molar-refractivity contribution in [3.05, 3.63) is 41.0 Å². The molecule has 0 radical (unpaired) electrons. The van der Waals surface area contributed by atoms with Crippen LogP contribution in [0.15, 0.2) is 29.8 Å². The van der Waals surface area contributed by atoms with Crippen molar-refractivity contribution in [3.8, 4) is 0 Å². The number of anilines is 1. The number of hydrogen-bond donors (Lipinski definition) is 1. The van der Waals surface area contributed by atoms with Gasteiger partial charge >= 0.3 is 0 Å². The number of nitrogens with one attached hydrogen (secondary N) is 1. The summed E-state index contributed by atoms with van der Waals surface area (Å²) in [6.45, 7) is 11.0. The van der Waals surface area contributed by atoms with Crippen molar-refractivity contribution in [1.82, 2.24) is 9.80 Å². The number of carbonyl (C=O) groups is 2. The molecule has 1 fully saturated rings. The van der Waals surface area contributed by atoms with Crippen molar-refractivity contribution in [2.45, 2.75) is 27.7 Å². The second-order valence-corrected chi connectivity index (χ2v) is 6.64. The molecule has 1 aliphatic heterocycles. The molecule has 1 N–H and O–H groups in total. The Morgan fingerprint density at radius 1 is 1.08 bits per heavy atom. The van der Waals surface area contributed by atoms with Crippen LogP contribution in [0.1, 0.15) is 25.0 Å². The van der Waals surface area contributed by atoms with Crippen molar-refractivity contribution >= 4 is 17.5 Å². The minimum Gasteiger partial charge on any atom is -0.337 e. The molecule has 0 unspecified atom stereocenters. The third-order valence-corrected chi connectivity index (χ3v) is 4.21. The first-order valence-corrected chi connectivity index (χ1v) is 8.39. The number of piperazine rings is 1. The van der Waals surface area contributed by atoms with Gasteiger partial charge in [-0.3, -0.25) is 14.5 Å². The number of hydrogen-bond acceptors (Lipinski definition) is 3. The molecule has 0 saturated carbocycles. The number of aryl methyl sites for hydroxylation is 2. The molecule has 1 heterocycles. The van der Waals surface area contributed by atoms with Crippen LogP contribution in [0.5, 0.6) is 0 Å². The molecular weight excluding hydrogens is 302 g/mol. The van der Waals surface area contributed by atoms with Gasteiger partial charge in [0.15, 0.2) is 0 Å². The van der Waals surface area contributed by atoms with Crippen LogP contribution in [0, 0.1) is 13.8 Å². The molecule has 0 spiro atoms. The lowest BCUT2D eigenvalue weighted by atomic mass is 10.1. The average molecular weight is 329 g/mol. The van der Waals surface area contributed by atoms with Gasteiger partial charge in [0.2, 0.25) is 11.8 Å². The van der Waals surface area contributed by atoms with Crippen LogP contribution in [0.3, 0.4) is 0 Å². The molecule has 0 bridgehead atoms. The first-order valence-electron chi connectivity index (χ1n) is 8.39. The first kappa shape index (κ1) is 18.2. The maximum atomic E-state index is 12.3. The highest BCUT2D eigenvalue weighted by Crippen LogP contribution is 2.19. The number of allylic oxidation sites excluding steroid dienone is 1. The first-order chi connectivity index (χ1) is 11.4. The highest BCUT2D eigenvalue weighted by molar-refractivity contribution is 5.93. The average Bonchev–Trinajstić information content (AvgIpc) is 2.51. The zero-order valence-electron chi connectivity index (χ0n) is 15.1. The molecule has 1 aromatic carbocycles. The molecule has 0 atom stereocenters. The zero-order valence-corrected chi connectivity index (χ0v) is 15.1. The maximum absolute atomic E-state index is 12.3. The zero-order chi connectivity index (χ0) is 17.7. The third-order valence-electron chi connectivity index (χ3n) is 4.21. The Morgan fingerprint density at radius 3 is 2.21 bits per heavy atom. The Kier molecular flexibility index (Phi) is 6.15. The second-order valence-electron chi connectivity index (χ2n) is 6.64. The van der Waals surface area contributed by atoms with E-state index in [1.807, 2.05) is 50.8 Å². The number of amides is 2. The van der Waals surface area contributed by atoms with E-state index in [0.717, 1.165) is 35.5 Å². The van der Waals surface area contributed by atoms with Gasteiger partial charge in [-0.05, 0) is 38.8 Å². The molecule has 1 saturated heterocycles. The van der Waals surface area contributed by atoms with Crippen molar-refractivity contribution in [1.29, 1.82) is 0 Å². The van der Waals surface area contributed by atoms with Crippen LogP contribution in [-0.2, 0) is 9.59 Å². The van der Waals surface area contributed by atoms with E-state index in [0.29, 0.717) is 19.6 Å². The normalized spacial score (nSPS) is 15.1. The van der Waals surface area contributed by atoms with Crippen molar-refractivity contribution < 1.29 is 9.59 Å². The summed E-state index contributed by atoms with van der Waals surface area (Å²) in [6.07, 6.45) is 1.67. The van der Waals surface area contributed by atoms with E-state index >= 15 is 0 Å². The van der Waals surface area contributed by atoms with Gasteiger partial charge in [-0.1, -0.05) is 23.8 Å². The summed E-state index contributed by atoms with van der Waals surface area (Å²) in [6, 6.07) is 5.98. The monoisotopic (exact) mass is 329 g/mol. The van der Waals surface area contributed by atoms with E-state index < -0.39 is 0 Å². The van der Waals surface area contributed by atoms with Crippen LogP contribution >= 0.6 is 0 Å². The molecule has 2 rings (SSSR count). The predicted molar refractivity (Wildman–Crippen MR) is 97.0 cm³/mol. The van der Waals surface area contributed by atoms with E-state index in [9.17, 15) is 9.59 Å². The van der Waals surface area contributed by atoms with Gasteiger partial charge in [0.05, 0.1) is 6.54 Å². The van der Waals surface area contributed by atoms with Crippen molar-refractivity contribution in [2.24, 2.45) is 0 Å². The lowest BCUT2D eigenvalue weighted by Gasteiger charge is -2.33. The Labute approximate surface area is 144 Å². The Balaban J connectivity index is 1.84. The van der Waals surface area contributed by atoms with Gasteiger partial charge in [-0.15, -0.1) is 0 Å². The van der Waals surface area contributed by atoms with Crippen LogP contribution in [0.2, 0.25) is 0 Å². The summed E-state index contributed by atoms with van der Waals surface area (Å²) >= 11 is 0. The molecule has 0 aliphatic carbocycles. The van der Waals surface area contributed by atoms with Crippen molar-refractivity contribution in [2.75, 3.05) is 38.0 Å². The van der Waals surface area contributed by atoms with Gasteiger partial charge in [0.25, 0.3) is 0 Å². The molecule has 130 valence electrons. The summed E-state index contributed by atoms with van der Waals surface area (Å²) in [7, 11) is 0. The van der Waals surface area contributed by atoms with E-state index in [4.69, 9.17) is 0 Å². The molecule has 5 heteroatoms. The number of carbonyl (C=O) groups excluding carboxylic acids is 2. The molecule has 5 nitrogen and oxygen atoms in total. The van der Waals surface area contributed by atoms with Crippen LogP contribution in [-0.4, -0.2) is 54.3 Å². The minimum absolute atomic E-state index is 0.00326. The molecule has 2 amide bonds. The molecule has 0 aromatic heterocycles. The highest BCUT2D eigenvalue weighted by Gasteiger charge is 2.21. The molecule has 1 aliphatic rings. The lowest BCUT2D eigenvalue weighted by Crippen LogP contribution is -2.50. The molecule has 1 aromatic rings. The second kappa shape index (κ2) is 8.11. The number of rotatable bonds is 4. The topological polar surface area (TPSA) is 52.7 Å². The fourth-order valence-electron chi connectivity index (χ4n) is 2.86. The smallest absolute Gasteiger partial charge is 0.246 e. The number of nitrogens with zero attached hydrogens (tertiary/aromatic N) is 2. The van der Waals surface area contributed by atoms with Gasteiger partial charge in [-0.25, -0.2) is 0 Å². The Morgan fingerprint density at radius 2 is 1.67 bits per heavy atom. The third kappa shape index (κ3) is 4.93. The minimum atomic E-state index is -0.00326. The quantitative estimate of drug-likeness (QED) is 0.863. The standard InChI is InChI=1S/C19H27N3O2/c1-14(2)12-18(24)22-10-8-21(9-11-22)13-17(23)20-19-15(3)6-5-7-16(19)4/h5-7,12H,8-11,13H2,1-4H3,(H,20,23). The summed E-state index contributed by atoms with van der Waals surface area (Å²) in [5.41, 5.74) is 4.05. The predicted octanol–water partition coefficient (Wildman–Crippen LogP) is 2.35. The Bertz CT molecular complexity index is 620. The van der Waals surface area contributed by atoms with E-state index in [-0.39, 0.29) is 11.8 Å². The van der Waals surface area contributed by atoms with Gasteiger partial charge in [0.1, 0.15) is 0 Å². The van der Waals surface area contributed by atoms with Crippen LogP contribution in [0.4, 0.5) is 5.69 Å². The van der Waals surface area contributed by atoms with Crippen LogP contribution < -0.4 is 5.32 Å². The summed E-state index contributed by atoms with van der Waals surface area (Å²) < 4.78 is 0. The Hall–Kier alpha value is -2.14. The lowest BCUT2D eigenvalue weighted by molar-refractivity contribution is -0.128. The van der Waals surface area contributed by atoms with Gasteiger partial charge in [-0.2, -0.15) is 0 Å². The summed E-state index contributed by atoms with van der Waals surface area (Å²) in [5.74, 6) is 0.0612. The maximum Gasteiger partial charge on any atom is 0.246 e.